The Morgan fingerprint density at radius 3 is 2.19 bits per heavy atom. The second-order valence-corrected chi connectivity index (χ2v) is 6.56. The number of ether oxygens (including phenoxy) is 1. The zero-order chi connectivity index (χ0) is 22.4. The van der Waals surface area contributed by atoms with E-state index in [4.69, 9.17) is 21.9 Å². The van der Waals surface area contributed by atoms with Crippen LogP contribution in [0.3, 0.4) is 0 Å². The molecule has 3 aromatic rings. The average molecular weight is 427 g/mol. The molecule has 31 heavy (non-hydrogen) atoms. The van der Waals surface area contributed by atoms with E-state index in [1.54, 1.807) is 12.1 Å². The van der Waals surface area contributed by atoms with Crippen LogP contribution in [0.4, 0.5) is 18.9 Å². The van der Waals surface area contributed by atoms with E-state index in [-0.39, 0.29) is 17.4 Å². The molecule has 9 heteroatoms. The number of hydrogen-bond acceptors (Lipinski definition) is 2. The first-order valence-electron chi connectivity index (χ1n) is 9.17. The molecular weight excluding hydrogens is 407 g/mol. The molecule has 160 valence electrons. The molecule has 0 aliphatic carbocycles. The van der Waals surface area contributed by atoms with E-state index in [0.29, 0.717) is 12.2 Å². The number of alkyl halides is 3. The molecule has 0 aromatic heterocycles. The van der Waals surface area contributed by atoms with Crippen molar-refractivity contribution in [2.75, 3.05) is 0 Å². The molecule has 0 heterocycles. The minimum Gasteiger partial charge on any atom is -0.455 e. The van der Waals surface area contributed by atoms with Crippen molar-refractivity contribution in [1.29, 1.82) is 0 Å². The standard InChI is InChI=1S/C22H20F3N5O/c23-22(24,25)16-10-11-19(17(13-16)29-21(28)30-20(26)27)31-18-9-5-4-8-15(18)12-14-6-2-1-3-7-14/h1-11,13H,12H2,(H6,26,27,28,29,30). The van der Waals surface area contributed by atoms with Crippen LogP contribution in [0.5, 0.6) is 11.5 Å². The maximum Gasteiger partial charge on any atom is 0.416 e. The van der Waals surface area contributed by atoms with Gasteiger partial charge in [-0.2, -0.15) is 18.2 Å². The summed E-state index contributed by atoms with van der Waals surface area (Å²) in [5.74, 6) is -0.226. The number of para-hydroxylation sites is 1. The van der Waals surface area contributed by atoms with E-state index in [2.05, 4.69) is 9.98 Å². The second kappa shape index (κ2) is 9.21. The Kier molecular flexibility index (Phi) is 6.44. The molecule has 0 saturated carbocycles. The number of aliphatic imine (C=N–C) groups is 2. The third kappa shape index (κ3) is 5.99. The molecule has 3 aromatic carbocycles. The molecule has 0 saturated heterocycles. The first-order valence-corrected chi connectivity index (χ1v) is 9.17. The third-order valence-electron chi connectivity index (χ3n) is 4.19. The van der Waals surface area contributed by atoms with Gasteiger partial charge in [-0.15, -0.1) is 0 Å². The largest absolute Gasteiger partial charge is 0.455 e. The van der Waals surface area contributed by atoms with E-state index in [1.165, 1.54) is 6.07 Å². The predicted octanol–water partition coefficient (Wildman–Crippen LogP) is 4.31. The normalized spacial score (nSPS) is 11.8. The van der Waals surface area contributed by atoms with Crippen molar-refractivity contribution in [2.45, 2.75) is 12.6 Å². The molecule has 0 aliphatic heterocycles. The number of nitrogens with two attached hydrogens (primary N) is 3. The van der Waals surface area contributed by atoms with Crippen molar-refractivity contribution in [3.8, 4) is 11.5 Å². The van der Waals surface area contributed by atoms with Crippen molar-refractivity contribution in [1.82, 2.24) is 0 Å². The Morgan fingerprint density at radius 1 is 0.839 bits per heavy atom. The molecule has 6 N–H and O–H groups in total. The topological polar surface area (TPSA) is 112 Å². The number of benzene rings is 3. The van der Waals surface area contributed by atoms with Gasteiger partial charge in [0.05, 0.1) is 5.56 Å². The fourth-order valence-electron chi connectivity index (χ4n) is 2.83. The summed E-state index contributed by atoms with van der Waals surface area (Å²) >= 11 is 0. The molecule has 0 radical (unpaired) electrons. The van der Waals surface area contributed by atoms with Crippen LogP contribution >= 0.6 is 0 Å². The molecule has 0 spiro atoms. The summed E-state index contributed by atoms with van der Waals surface area (Å²) in [5.41, 5.74) is 17.0. The number of guanidine groups is 2. The van der Waals surface area contributed by atoms with Crippen LogP contribution in [0, 0.1) is 0 Å². The summed E-state index contributed by atoms with van der Waals surface area (Å²) < 4.78 is 45.5. The highest BCUT2D eigenvalue weighted by molar-refractivity contribution is 5.94. The maximum atomic E-state index is 13.2. The number of rotatable bonds is 5. The Hall–Kier alpha value is -4.01. The van der Waals surface area contributed by atoms with Crippen LogP contribution in [-0.2, 0) is 12.6 Å². The van der Waals surface area contributed by atoms with Gasteiger partial charge in [-0.3, -0.25) is 0 Å². The molecule has 0 bridgehead atoms. The quantitative estimate of drug-likeness (QED) is 0.416. The summed E-state index contributed by atoms with van der Waals surface area (Å²) in [6.07, 6.45) is -3.99. The molecule has 0 aliphatic rings. The lowest BCUT2D eigenvalue weighted by Gasteiger charge is -2.15. The van der Waals surface area contributed by atoms with Crippen molar-refractivity contribution < 1.29 is 17.9 Å². The maximum absolute atomic E-state index is 13.2. The highest BCUT2D eigenvalue weighted by Gasteiger charge is 2.31. The van der Waals surface area contributed by atoms with E-state index in [1.807, 2.05) is 42.5 Å². The van der Waals surface area contributed by atoms with Crippen molar-refractivity contribution in [3.05, 3.63) is 89.5 Å². The number of halogens is 3. The Labute approximate surface area is 176 Å². The first kappa shape index (κ1) is 21.7. The third-order valence-corrected chi connectivity index (χ3v) is 4.19. The summed E-state index contributed by atoms with van der Waals surface area (Å²) in [4.78, 5) is 7.45. The Morgan fingerprint density at radius 2 is 1.52 bits per heavy atom. The van der Waals surface area contributed by atoms with Crippen LogP contribution in [0.25, 0.3) is 0 Å². The van der Waals surface area contributed by atoms with Gasteiger partial charge in [0.25, 0.3) is 0 Å². The molecule has 0 atom stereocenters. The van der Waals surface area contributed by atoms with Gasteiger partial charge in [-0.05, 0) is 35.4 Å². The first-order chi connectivity index (χ1) is 14.7. The zero-order valence-electron chi connectivity index (χ0n) is 16.3. The monoisotopic (exact) mass is 427 g/mol. The van der Waals surface area contributed by atoms with Crippen molar-refractivity contribution in [3.63, 3.8) is 0 Å². The lowest BCUT2D eigenvalue weighted by molar-refractivity contribution is -0.137. The van der Waals surface area contributed by atoms with Crippen LogP contribution in [0.15, 0.2) is 82.8 Å². The summed E-state index contributed by atoms with van der Waals surface area (Å²) in [6.45, 7) is 0. The van der Waals surface area contributed by atoms with Gasteiger partial charge in [0.15, 0.2) is 11.7 Å². The average Bonchev–Trinajstić information content (AvgIpc) is 2.70. The van der Waals surface area contributed by atoms with Gasteiger partial charge in [-0.25, -0.2) is 4.99 Å². The minimum atomic E-state index is -4.57. The molecular formula is C22H20F3N5O. The summed E-state index contributed by atoms with van der Waals surface area (Å²) in [5, 5.41) is 0. The van der Waals surface area contributed by atoms with E-state index in [9.17, 15) is 13.2 Å². The summed E-state index contributed by atoms with van der Waals surface area (Å²) in [6, 6.07) is 19.9. The van der Waals surface area contributed by atoms with Gasteiger partial charge in [0, 0.05) is 6.42 Å². The van der Waals surface area contributed by atoms with E-state index < -0.39 is 17.7 Å². The fourth-order valence-corrected chi connectivity index (χ4v) is 2.83. The van der Waals surface area contributed by atoms with Crippen LogP contribution in [0.1, 0.15) is 16.7 Å². The van der Waals surface area contributed by atoms with Crippen LogP contribution in [-0.4, -0.2) is 11.9 Å². The summed E-state index contributed by atoms with van der Waals surface area (Å²) in [7, 11) is 0. The molecule has 6 nitrogen and oxygen atoms in total. The van der Waals surface area contributed by atoms with Crippen molar-refractivity contribution >= 4 is 17.6 Å². The van der Waals surface area contributed by atoms with Gasteiger partial charge in [0.2, 0.25) is 5.96 Å². The van der Waals surface area contributed by atoms with Gasteiger partial charge in [0.1, 0.15) is 11.4 Å². The number of hydrogen-bond donors (Lipinski definition) is 3. The van der Waals surface area contributed by atoms with Gasteiger partial charge in [-0.1, -0.05) is 48.5 Å². The Bertz CT molecular complexity index is 1110. The highest BCUT2D eigenvalue weighted by Crippen LogP contribution is 2.39. The highest BCUT2D eigenvalue weighted by atomic mass is 19.4. The van der Waals surface area contributed by atoms with Crippen LogP contribution < -0.4 is 21.9 Å². The molecule has 0 fully saturated rings. The SMILES string of the molecule is NC(N)=NC(N)=Nc1cc(C(F)(F)F)ccc1Oc1ccccc1Cc1ccccc1. The van der Waals surface area contributed by atoms with Crippen molar-refractivity contribution in [2.24, 2.45) is 27.2 Å². The molecule has 3 rings (SSSR count). The Balaban J connectivity index is 2.01. The molecule has 0 unspecified atom stereocenters. The van der Waals surface area contributed by atoms with Crippen LogP contribution in [0.2, 0.25) is 0 Å². The fraction of sp³-hybridized carbons (Fsp3) is 0.0909. The smallest absolute Gasteiger partial charge is 0.416 e. The van der Waals surface area contributed by atoms with Gasteiger partial charge < -0.3 is 21.9 Å². The predicted molar refractivity (Wildman–Crippen MR) is 114 cm³/mol. The van der Waals surface area contributed by atoms with E-state index in [0.717, 1.165) is 23.3 Å². The van der Waals surface area contributed by atoms with E-state index >= 15 is 0 Å². The van der Waals surface area contributed by atoms with Gasteiger partial charge >= 0.3 is 6.18 Å². The minimum absolute atomic E-state index is 0.0715. The number of nitrogens with zero attached hydrogens (tertiary/aromatic N) is 2. The molecule has 0 amide bonds. The lowest BCUT2D eigenvalue weighted by atomic mass is 10.0. The lowest BCUT2D eigenvalue weighted by Crippen LogP contribution is -2.26. The second-order valence-electron chi connectivity index (χ2n) is 6.56. The zero-order valence-corrected chi connectivity index (χ0v) is 16.3.